The molecule has 144 valence electrons. The molecule has 1 aromatic rings. The van der Waals surface area contributed by atoms with Gasteiger partial charge in [0.25, 0.3) is 5.69 Å². The Morgan fingerprint density at radius 3 is 2.54 bits per heavy atom. The standard InChI is InChI=1S/C15H18F3N3O4S/c16-15(17,18)12-9-11(21(22)23)1-2-13(12)20-5-6-25-14(10-20)3-7-26(19,24)8-4-14/h1-2,9,19H,3-8,10H2. The first kappa shape index (κ1) is 18.9. The average molecular weight is 393 g/mol. The van der Waals surface area contributed by atoms with Crippen molar-refractivity contribution in [3.63, 3.8) is 0 Å². The van der Waals surface area contributed by atoms with Gasteiger partial charge < -0.3 is 9.64 Å². The minimum atomic E-state index is -4.73. The van der Waals surface area contributed by atoms with Crippen molar-refractivity contribution in [2.45, 2.75) is 24.6 Å². The van der Waals surface area contributed by atoms with E-state index in [-0.39, 0.29) is 36.9 Å². The Hall–Kier alpha value is -1.88. The average Bonchev–Trinajstić information content (AvgIpc) is 2.57. The highest BCUT2D eigenvalue weighted by atomic mass is 32.2. The summed E-state index contributed by atoms with van der Waals surface area (Å²) in [5, 5.41) is 10.8. The first-order chi connectivity index (χ1) is 12.0. The molecule has 2 fully saturated rings. The van der Waals surface area contributed by atoms with Crippen LogP contribution >= 0.6 is 0 Å². The summed E-state index contributed by atoms with van der Waals surface area (Å²) < 4.78 is 65.6. The summed E-state index contributed by atoms with van der Waals surface area (Å²) in [7, 11) is -2.64. The molecule has 1 aromatic carbocycles. The van der Waals surface area contributed by atoms with Crippen molar-refractivity contribution in [3.8, 4) is 0 Å². The van der Waals surface area contributed by atoms with Crippen molar-refractivity contribution in [2.75, 3.05) is 36.1 Å². The Balaban J connectivity index is 1.92. The monoisotopic (exact) mass is 393 g/mol. The Morgan fingerprint density at radius 1 is 1.31 bits per heavy atom. The van der Waals surface area contributed by atoms with E-state index in [0.29, 0.717) is 18.9 Å². The molecule has 0 unspecified atom stereocenters. The third-order valence-electron chi connectivity index (χ3n) is 4.86. The fourth-order valence-corrected chi connectivity index (χ4v) is 5.03. The highest BCUT2D eigenvalue weighted by Crippen LogP contribution is 2.41. The van der Waals surface area contributed by atoms with Gasteiger partial charge in [0.05, 0.1) is 22.7 Å². The zero-order chi connectivity index (χ0) is 19.2. The molecule has 3 rings (SSSR count). The van der Waals surface area contributed by atoms with Crippen molar-refractivity contribution in [1.29, 1.82) is 4.78 Å². The number of anilines is 1. The maximum atomic E-state index is 13.4. The van der Waals surface area contributed by atoms with Crippen LogP contribution in [0.2, 0.25) is 0 Å². The third kappa shape index (κ3) is 3.78. The predicted octanol–water partition coefficient (Wildman–Crippen LogP) is 3.03. The fraction of sp³-hybridized carbons (Fsp3) is 0.600. The van der Waals surface area contributed by atoms with Gasteiger partial charge in [0.15, 0.2) is 0 Å². The van der Waals surface area contributed by atoms with Crippen LogP contribution in [0.3, 0.4) is 0 Å². The van der Waals surface area contributed by atoms with Gasteiger partial charge in [0.1, 0.15) is 0 Å². The zero-order valence-electron chi connectivity index (χ0n) is 13.8. The first-order valence-electron chi connectivity index (χ1n) is 8.00. The lowest BCUT2D eigenvalue weighted by Gasteiger charge is -2.46. The SMILES string of the molecule is N=S1(=O)CCC2(CC1)CN(c1ccc([N+](=O)[O-])cc1C(F)(F)F)CCO2. The Labute approximate surface area is 148 Å². The summed E-state index contributed by atoms with van der Waals surface area (Å²) in [4.78, 5) is 11.5. The topological polar surface area (TPSA) is 96.5 Å². The number of rotatable bonds is 2. The quantitative estimate of drug-likeness (QED) is 0.615. The van der Waals surface area contributed by atoms with Crippen LogP contribution < -0.4 is 4.90 Å². The molecule has 1 N–H and O–H groups in total. The number of benzene rings is 1. The van der Waals surface area contributed by atoms with Crippen LogP contribution in [0.1, 0.15) is 18.4 Å². The van der Waals surface area contributed by atoms with Gasteiger partial charge in [0, 0.05) is 52.1 Å². The third-order valence-corrected chi connectivity index (χ3v) is 6.59. The van der Waals surface area contributed by atoms with Crippen LogP contribution in [0, 0.1) is 14.9 Å². The van der Waals surface area contributed by atoms with Crippen LogP contribution in [-0.4, -0.2) is 45.9 Å². The first-order valence-corrected chi connectivity index (χ1v) is 9.90. The summed E-state index contributed by atoms with van der Waals surface area (Å²) in [6, 6.07) is 2.73. The molecule has 0 amide bonds. The minimum absolute atomic E-state index is 0.122. The number of hydrogen-bond acceptors (Lipinski definition) is 6. The number of nitro groups is 1. The largest absolute Gasteiger partial charge is 0.418 e. The van der Waals surface area contributed by atoms with E-state index in [0.717, 1.165) is 12.1 Å². The van der Waals surface area contributed by atoms with E-state index in [1.165, 1.54) is 4.90 Å². The number of nitrogens with zero attached hydrogens (tertiary/aromatic N) is 2. The molecule has 2 aliphatic rings. The van der Waals surface area contributed by atoms with E-state index < -0.39 is 37.7 Å². The second-order valence-corrected chi connectivity index (χ2v) is 9.07. The normalized spacial score (nSPS) is 29.7. The summed E-state index contributed by atoms with van der Waals surface area (Å²) in [6.45, 7) is 0.593. The van der Waals surface area contributed by atoms with Gasteiger partial charge in [-0.15, -0.1) is 0 Å². The second-order valence-electron chi connectivity index (χ2n) is 6.63. The molecule has 0 atom stereocenters. The number of nitro benzene ring substituents is 1. The number of nitrogens with one attached hydrogen (secondary N) is 1. The second kappa shape index (κ2) is 6.38. The highest BCUT2D eigenvalue weighted by molar-refractivity contribution is 7.92. The van der Waals surface area contributed by atoms with E-state index in [1.807, 2.05) is 0 Å². The molecule has 0 bridgehead atoms. The molecule has 2 heterocycles. The molecule has 11 heteroatoms. The summed E-state index contributed by atoms with van der Waals surface area (Å²) in [6.07, 6.45) is -4.03. The van der Waals surface area contributed by atoms with Crippen LogP contribution in [0.15, 0.2) is 18.2 Å². The highest BCUT2D eigenvalue weighted by Gasteiger charge is 2.43. The van der Waals surface area contributed by atoms with Gasteiger partial charge in [-0.1, -0.05) is 0 Å². The van der Waals surface area contributed by atoms with Gasteiger partial charge in [-0.3, -0.25) is 14.9 Å². The van der Waals surface area contributed by atoms with E-state index in [9.17, 15) is 27.5 Å². The van der Waals surface area contributed by atoms with Crippen molar-refractivity contribution in [2.24, 2.45) is 0 Å². The van der Waals surface area contributed by atoms with Crippen LogP contribution in [0.25, 0.3) is 0 Å². The van der Waals surface area contributed by atoms with Gasteiger partial charge in [-0.2, -0.15) is 13.2 Å². The van der Waals surface area contributed by atoms with E-state index >= 15 is 0 Å². The summed E-state index contributed by atoms with van der Waals surface area (Å²) in [5.41, 5.74) is -2.52. The Morgan fingerprint density at radius 2 is 1.96 bits per heavy atom. The van der Waals surface area contributed by atoms with Crippen molar-refractivity contribution < 1.29 is 27.0 Å². The number of alkyl halides is 3. The molecule has 0 aromatic heterocycles. The van der Waals surface area contributed by atoms with E-state index in [2.05, 4.69) is 0 Å². The lowest BCUT2D eigenvalue weighted by atomic mass is 9.93. The van der Waals surface area contributed by atoms with Gasteiger partial charge in [-0.05, 0) is 18.9 Å². The van der Waals surface area contributed by atoms with Crippen LogP contribution in [0.4, 0.5) is 24.5 Å². The fourth-order valence-electron chi connectivity index (χ4n) is 3.42. The van der Waals surface area contributed by atoms with Crippen molar-refractivity contribution in [1.82, 2.24) is 0 Å². The molecule has 2 saturated heterocycles. The van der Waals surface area contributed by atoms with Crippen LogP contribution in [-0.2, 0) is 20.6 Å². The van der Waals surface area contributed by atoms with Gasteiger partial charge >= 0.3 is 6.18 Å². The number of ether oxygens (including phenoxy) is 1. The maximum absolute atomic E-state index is 13.4. The Kier molecular flexibility index (Phi) is 4.63. The maximum Gasteiger partial charge on any atom is 0.418 e. The number of hydrogen-bond donors (Lipinski definition) is 1. The number of non-ortho nitro benzene ring substituents is 1. The lowest BCUT2D eigenvalue weighted by molar-refractivity contribution is -0.385. The smallest absolute Gasteiger partial charge is 0.371 e. The van der Waals surface area contributed by atoms with Crippen molar-refractivity contribution >= 4 is 21.1 Å². The summed E-state index contributed by atoms with van der Waals surface area (Å²) >= 11 is 0. The van der Waals surface area contributed by atoms with E-state index in [4.69, 9.17) is 9.52 Å². The molecule has 7 nitrogen and oxygen atoms in total. The molecule has 2 aliphatic heterocycles. The van der Waals surface area contributed by atoms with Crippen molar-refractivity contribution in [3.05, 3.63) is 33.9 Å². The predicted molar refractivity (Wildman–Crippen MR) is 88.8 cm³/mol. The number of halogens is 3. The van der Waals surface area contributed by atoms with E-state index in [1.54, 1.807) is 0 Å². The molecular formula is C15H18F3N3O4S. The molecule has 26 heavy (non-hydrogen) atoms. The summed E-state index contributed by atoms with van der Waals surface area (Å²) in [5.74, 6) is 0.320. The lowest BCUT2D eigenvalue weighted by Crippen LogP contribution is -2.55. The molecular weight excluding hydrogens is 375 g/mol. The molecule has 1 spiro atoms. The Bertz CT molecular complexity index is 812. The van der Waals surface area contributed by atoms with Gasteiger partial charge in [-0.25, -0.2) is 4.21 Å². The molecule has 0 radical (unpaired) electrons. The minimum Gasteiger partial charge on any atom is -0.371 e. The molecule has 0 saturated carbocycles. The molecule has 0 aliphatic carbocycles. The number of morpholine rings is 1. The van der Waals surface area contributed by atoms with Gasteiger partial charge in [0.2, 0.25) is 0 Å². The zero-order valence-corrected chi connectivity index (χ0v) is 14.6. The van der Waals surface area contributed by atoms with Crippen LogP contribution in [0.5, 0.6) is 0 Å².